The highest BCUT2D eigenvalue weighted by Gasteiger charge is 2.36. The number of aromatic nitrogens is 4. The highest BCUT2D eigenvalue weighted by atomic mass is 19.4. The highest BCUT2D eigenvalue weighted by Crippen LogP contribution is 2.34. The fourth-order valence-corrected chi connectivity index (χ4v) is 3.25. The van der Waals surface area contributed by atoms with E-state index in [1.165, 1.54) is 10.8 Å². The number of hydrogen-bond acceptors (Lipinski definition) is 4. The van der Waals surface area contributed by atoms with Crippen molar-refractivity contribution < 1.29 is 13.2 Å². The molecule has 2 aromatic heterocycles. The number of rotatable bonds is 3. The van der Waals surface area contributed by atoms with Crippen molar-refractivity contribution >= 4 is 11.6 Å². The number of nitrogens with zero attached hydrogens (tertiary/aromatic N) is 5. The molecule has 0 N–H and O–H groups in total. The smallest absolute Gasteiger partial charge is 0.353 e. The van der Waals surface area contributed by atoms with Crippen molar-refractivity contribution in [3.63, 3.8) is 0 Å². The van der Waals surface area contributed by atoms with Crippen molar-refractivity contribution in [2.24, 2.45) is 5.92 Å². The van der Waals surface area contributed by atoms with Crippen LogP contribution in [0.2, 0.25) is 0 Å². The second-order valence-electron chi connectivity index (χ2n) is 6.11. The normalized spacial score (nSPS) is 20.9. The molecule has 0 aliphatic carbocycles. The minimum Gasteiger partial charge on any atom is -0.353 e. The van der Waals surface area contributed by atoms with Gasteiger partial charge in [-0.15, -0.1) is 0 Å². The molecule has 2 atom stereocenters. The summed E-state index contributed by atoms with van der Waals surface area (Å²) < 4.78 is 40.9. The van der Waals surface area contributed by atoms with Crippen LogP contribution < -0.4 is 4.90 Å². The molecule has 0 aromatic carbocycles. The molecule has 3 rings (SSSR count). The average molecular weight is 327 g/mol. The molecule has 2 aromatic rings. The van der Waals surface area contributed by atoms with Crippen molar-refractivity contribution in [3.8, 4) is 0 Å². The first-order chi connectivity index (χ1) is 10.9. The Balaban J connectivity index is 2.11. The van der Waals surface area contributed by atoms with Gasteiger partial charge < -0.3 is 4.90 Å². The predicted octanol–water partition coefficient (Wildman–Crippen LogP) is 3.55. The summed E-state index contributed by atoms with van der Waals surface area (Å²) in [7, 11) is 0. The van der Waals surface area contributed by atoms with Crippen LogP contribution in [0.15, 0.2) is 12.4 Å². The maximum Gasteiger partial charge on any atom is 0.433 e. The first kappa shape index (κ1) is 16.0. The minimum atomic E-state index is -4.50. The summed E-state index contributed by atoms with van der Waals surface area (Å²) in [6, 6.07) is 1.31. The molecule has 0 spiro atoms. The molecule has 5 nitrogen and oxygen atoms in total. The molecule has 1 aliphatic rings. The number of fused-ring (bicyclic) bond motifs is 1. The van der Waals surface area contributed by atoms with E-state index in [2.05, 4.69) is 33.8 Å². The zero-order valence-corrected chi connectivity index (χ0v) is 13.2. The van der Waals surface area contributed by atoms with Crippen molar-refractivity contribution in [1.82, 2.24) is 19.6 Å². The Bertz CT molecular complexity index is 681. The first-order valence-electron chi connectivity index (χ1n) is 7.96. The van der Waals surface area contributed by atoms with Crippen LogP contribution in [0, 0.1) is 5.92 Å². The van der Waals surface area contributed by atoms with Crippen LogP contribution in [0.3, 0.4) is 0 Å². The summed E-state index contributed by atoms with van der Waals surface area (Å²) in [6.45, 7) is 4.98. The maximum atomic E-state index is 13.2. The molecule has 1 aliphatic heterocycles. The third-order valence-electron chi connectivity index (χ3n) is 4.67. The first-order valence-corrected chi connectivity index (χ1v) is 7.96. The Morgan fingerprint density at radius 2 is 2.13 bits per heavy atom. The third kappa shape index (κ3) is 2.98. The molecular weight excluding hydrogens is 307 g/mol. The molecule has 2 unspecified atom stereocenters. The topological polar surface area (TPSA) is 46.3 Å². The van der Waals surface area contributed by atoms with Crippen molar-refractivity contribution in [3.05, 3.63) is 18.1 Å². The molecule has 1 fully saturated rings. The maximum absolute atomic E-state index is 13.2. The Morgan fingerprint density at radius 1 is 1.35 bits per heavy atom. The summed E-state index contributed by atoms with van der Waals surface area (Å²) in [6.07, 6.45) is 0.780. The Labute approximate surface area is 132 Å². The highest BCUT2D eigenvalue weighted by molar-refractivity contribution is 5.49. The lowest BCUT2D eigenvalue weighted by Crippen LogP contribution is -2.44. The van der Waals surface area contributed by atoms with Crippen molar-refractivity contribution in [2.45, 2.75) is 51.7 Å². The van der Waals surface area contributed by atoms with E-state index >= 15 is 0 Å². The van der Waals surface area contributed by atoms with Crippen molar-refractivity contribution in [1.29, 1.82) is 0 Å². The number of anilines is 1. The van der Waals surface area contributed by atoms with Crippen LogP contribution in [0.5, 0.6) is 0 Å². The van der Waals surface area contributed by atoms with Crippen LogP contribution >= 0.6 is 0 Å². The summed E-state index contributed by atoms with van der Waals surface area (Å²) in [5, 5.41) is 4.07. The molecule has 23 heavy (non-hydrogen) atoms. The van der Waals surface area contributed by atoms with Gasteiger partial charge in [-0.3, -0.25) is 0 Å². The van der Waals surface area contributed by atoms with Crippen LogP contribution in [0.1, 0.15) is 45.2 Å². The minimum absolute atomic E-state index is 0.0108. The number of piperidine rings is 1. The Kier molecular flexibility index (Phi) is 4.16. The van der Waals surface area contributed by atoms with E-state index in [-0.39, 0.29) is 11.8 Å². The van der Waals surface area contributed by atoms with Crippen LogP contribution in [-0.4, -0.2) is 32.2 Å². The second-order valence-corrected chi connectivity index (χ2v) is 6.11. The Hall–Kier alpha value is -1.86. The van der Waals surface area contributed by atoms with Crippen LogP contribution in [0.4, 0.5) is 19.0 Å². The lowest BCUT2D eigenvalue weighted by molar-refractivity contribution is -0.141. The molecule has 0 radical (unpaired) electrons. The molecule has 1 saturated heterocycles. The van der Waals surface area contributed by atoms with Gasteiger partial charge in [0.2, 0.25) is 0 Å². The van der Waals surface area contributed by atoms with Gasteiger partial charge in [0.25, 0.3) is 5.78 Å². The van der Waals surface area contributed by atoms with Gasteiger partial charge in [-0.1, -0.05) is 20.3 Å². The third-order valence-corrected chi connectivity index (χ3v) is 4.67. The van der Waals surface area contributed by atoms with Gasteiger partial charge in [0.05, 0.1) is 0 Å². The fourth-order valence-electron chi connectivity index (χ4n) is 3.25. The van der Waals surface area contributed by atoms with Crippen LogP contribution in [-0.2, 0) is 6.18 Å². The quantitative estimate of drug-likeness (QED) is 0.865. The monoisotopic (exact) mass is 327 g/mol. The molecule has 0 saturated carbocycles. The Morgan fingerprint density at radius 3 is 2.83 bits per heavy atom. The zero-order valence-electron chi connectivity index (χ0n) is 13.2. The lowest BCUT2D eigenvalue weighted by atomic mass is 9.90. The number of halogens is 3. The predicted molar refractivity (Wildman–Crippen MR) is 80.2 cm³/mol. The lowest BCUT2D eigenvalue weighted by Gasteiger charge is -2.40. The largest absolute Gasteiger partial charge is 0.433 e. The van der Waals surface area contributed by atoms with Gasteiger partial charge in [0, 0.05) is 18.7 Å². The zero-order chi connectivity index (χ0) is 16.6. The standard InChI is InChI=1S/C15H20F3N5/c1-3-10(2)11-6-4-5-7-22(11)13-8-12(15(16,17)18)21-14-19-9-20-23(13)14/h8-11H,3-7H2,1-2H3. The van der Waals surface area contributed by atoms with E-state index in [1.807, 2.05) is 0 Å². The summed E-state index contributed by atoms with van der Waals surface area (Å²) in [5.74, 6) is 0.824. The molecule has 0 amide bonds. The van der Waals surface area contributed by atoms with E-state index in [9.17, 15) is 13.2 Å². The molecule has 8 heteroatoms. The van der Waals surface area contributed by atoms with Gasteiger partial charge in [-0.25, -0.2) is 4.98 Å². The average Bonchev–Trinajstić information content (AvgIpc) is 3.01. The van der Waals surface area contributed by atoms with E-state index in [0.29, 0.717) is 11.7 Å². The van der Waals surface area contributed by atoms with E-state index < -0.39 is 11.9 Å². The molecule has 126 valence electrons. The molecular formula is C15H20F3N5. The van der Waals surface area contributed by atoms with Gasteiger partial charge in [0.15, 0.2) is 5.69 Å². The number of hydrogen-bond donors (Lipinski definition) is 0. The second kappa shape index (κ2) is 5.98. The van der Waals surface area contributed by atoms with E-state index in [1.54, 1.807) is 0 Å². The van der Waals surface area contributed by atoms with E-state index in [4.69, 9.17) is 0 Å². The summed E-state index contributed by atoms with van der Waals surface area (Å²) in [4.78, 5) is 9.49. The van der Waals surface area contributed by atoms with Crippen molar-refractivity contribution in [2.75, 3.05) is 11.4 Å². The summed E-state index contributed by atoms with van der Waals surface area (Å²) in [5.41, 5.74) is -0.915. The SMILES string of the molecule is CCC(C)C1CCCCN1c1cc(C(F)(F)F)nc2ncnn12. The molecule has 0 bridgehead atoms. The molecule has 3 heterocycles. The van der Waals surface area contributed by atoms with Gasteiger partial charge >= 0.3 is 6.18 Å². The van der Waals surface area contributed by atoms with E-state index in [0.717, 1.165) is 38.3 Å². The van der Waals surface area contributed by atoms with Crippen LogP contribution in [0.25, 0.3) is 5.78 Å². The van der Waals surface area contributed by atoms with Gasteiger partial charge in [0.1, 0.15) is 12.1 Å². The summed E-state index contributed by atoms with van der Waals surface area (Å²) >= 11 is 0. The number of alkyl halides is 3. The van der Waals surface area contributed by atoms with Gasteiger partial charge in [-0.05, 0) is 25.2 Å². The fraction of sp³-hybridized carbons (Fsp3) is 0.667. The van der Waals surface area contributed by atoms with Gasteiger partial charge in [-0.2, -0.15) is 27.8 Å².